The zero-order chi connectivity index (χ0) is 12.1. The van der Waals surface area contributed by atoms with E-state index >= 15 is 0 Å². The van der Waals surface area contributed by atoms with Crippen molar-refractivity contribution in [3.05, 3.63) is 29.8 Å². The summed E-state index contributed by atoms with van der Waals surface area (Å²) < 4.78 is 0. The summed E-state index contributed by atoms with van der Waals surface area (Å²) in [7, 11) is 4.01. The smallest absolute Gasteiger partial charge is 0.129 e. The first-order valence-corrected chi connectivity index (χ1v) is 5.85. The summed E-state index contributed by atoms with van der Waals surface area (Å²) in [4.78, 5) is 12.9. The lowest BCUT2D eigenvalue weighted by Gasteiger charge is -2.14. The van der Waals surface area contributed by atoms with Gasteiger partial charge in [-0.05, 0) is 31.0 Å². The lowest BCUT2D eigenvalue weighted by molar-refractivity contribution is -0.117. The monoisotopic (exact) mass is 239 g/mol. The molecular formula is C13H18ClNO. The molecule has 0 radical (unpaired) electrons. The van der Waals surface area contributed by atoms with E-state index in [1.54, 1.807) is 6.92 Å². The molecule has 16 heavy (non-hydrogen) atoms. The van der Waals surface area contributed by atoms with Crippen LogP contribution in [0, 0.1) is 0 Å². The van der Waals surface area contributed by atoms with Gasteiger partial charge in [0.15, 0.2) is 0 Å². The molecule has 0 N–H and O–H groups in total. The Labute approximate surface area is 102 Å². The Morgan fingerprint density at radius 2 is 1.88 bits per heavy atom. The normalized spacial score (nSPS) is 12.2. The van der Waals surface area contributed by atoms with Crippen molar-refractivity contribution in [1.82, 2.24) is 0 Å². The molecular weight excluding hydrogens is 222 g/mol. The summed E-state index contributed by atoms with van der Waals surface area (Å²) in [5.74, 6) is 0.190. The molecule has 88 valence electrons. The average Bonchev–Trinajstić information content (AvgIpc) is 2.26. The quantitative estimate of drug-likeness (QED) is 0.734. The first kappa shape index (κ1) is 13.0. The highest BCUT2D eigenvalue weighted by Gasteiger charge is 2.09. The number of hydrogen-bond acceptors (Lipinski definition) is 2. The number of halogens is 1. The Morgan fingerprint density at radius 1 is 1.31 bits per heavy atom. The number of carbonyl (C=O) groups is 1. The minimum absolute atomic E-state index is 0.0693. The van der Waals surface area contributed by atoms with Crippen LogP contribution < -0.4 is 4.90 Å². The number of ketones is 1. The van der Waals surface area contributed by atoms with E-state index < -0.39 is 0 Å². The van der Waals surface area contributed by atoms with Gasteiger partial charge in [0.25, 0.3) is 0 Å². The third kappa shape index (κ3) is 3.86. The van der Waals surface area contributed by atoms with Crippen LogP contribution in [0.3, 0.4) is 0 Å². The van der Waals surface area contributed by atoms with E-state index in [2.05, 4.69) is 0 Å². The van der Waals surface area contributed by atoms with Crippen molar-refractivity contribution < 1.29 is 4.79 Å². The lowest BCUT2D eigenvalue weighted by Crippen LogP contribution is -2.08. The van der Waals surface area contributed by atoms with Gasteiger partial charge in [0, 0.05) is 26.2 Å². The van der Waals surface area contributed by atoms with Crippen LogP contribution >= 0.6 is 11.6 Å². The van der Waals surface area contributed by atoms with Gasteiger partial charge in [0.1, 0.15) is 5.78 Å². The van der Waals surface area contributed by atoms with E-state index in [1.807, 2.05) is 43.3 Å². The fourth-order valence-corrected chi connectivity index (χ4v) is 1.73. The minimum Gasteiger partial charge on any atom is -0.378 e. The zero-order valence-electron chi connectivity index (χ0n) is 10.0. The Kier molecular flexibility index (Phi) is 4.81. The molecule has 0 aliphatic heterocycles. The first-order chi connectivity index (χ1) is 7.50. The molecule has 1 rings (SSSR count). The molecule has 0 aromatic heterocycles. The second-order valence-corrected chi connectivity index (χ2v) is 4.72. The van der Waals surface area contributed by atoms with E-state index in [-0.39, 0.29) is 11.2 Å². The lowest BCUT2D eigenvalue weighted by atomic mass is 10.1. The number of carbonyl (C=O) groups excluding carboxylic acids is 1. The molecule has 2 nitrogen and oxygen atoms in total. The number of rotatable bonds is 5. The van der Waals surface area contributed by atoms with E-state index in [4.69, 9.17) is 11.6 Å². The average molecular weight is 240 g/mol. The van der Waals surface area contributed by atoms with E-state index in [0.29, 0.717) is 12.8 Å². The number of benzene rings is 1. The topological polar surface area (TPSA) is 20.3 Å². The molecule has 0 saturated carbocycles. The fraction of sp³-hybridized carbons (Fsp3) is 0.462. The van der Waals surface area contributed by atoms with Crippen LogP contribution in [0.1, 0.15) is 30.7 Å². The molecule has 1 atom stereocenters. The molecule has 0 saturated heterocycles. The van der Waals surface area contributed by atoms with Gasteiger partial charge in [-0.15, -0.1) is 11.6 Å². The zero-order valence-corrected chi connectivity index (χ0v) is 10.8. The molecule has 0 spiro atoms. The summed E-state index contributed by atoms with van der Waals surface area (Å²) in [6.07, 6.45) is 1.25. The Bertz CT molecular complexity index is 345. The van der Waals surface area contributed by atoms with Crippen LogP contribution in [-0.4, -0.2) is 19.9 Å². The predicted molar refractivity (Wildman–Crippen MR) is 69.3 cm³/mol. The highest BCUT2D eigenvalue weighted by molar-refractivity contribution is 6.20. The van der Waals surface area contributed by atoms with Crippen LogP contribution in [-0.2, 0) is 4.79 Å². The van der Waals surface area contributed by atoms with Crippen LogP contribution in [0.15, 0.2) is 24.3 Å². The van der Waals surface area contributed by atoms with Crippen LogP contribution in [0.5, 0.6) is 0 Å². The SMILES string of the molecule is CC(=O)CCC(Cl)c1ccc(N(C)C)cc1. The maximum atomic E-state index is 10.9. The Balaban J connectivity index is 2.62. The van der Waals surface area contributed by atoms with Gasteiger partial charge in [-0.3, -0.25) is 0 Å². The van der Waals surface area contributed by atoms with Gasteiger partial charge in [-0.1, -0.05) is 12.1 Å². The van der Waals surface area contributed by atoms with Crippen molar-refractivity contribution in [3.8, 4) is 0 Å². The minimum atomic E-state index is -0.0693. The van der Waals surface area contributed by atoms with Crippen LogP contribution in [0.2, 0.25) is 0 Å². The van der Waals surface area contributed by atoms with Crippen LogP contribution in [0.25, 0.3) is 0 Å². The van der Waals surface area contributed by atoms with Crippen molar-refractivity contribution >= 4 is 23.1 Å². The molecule has 1 unspecified atom stereocenters. The van der Waals surface area contributed by atoms with Gasteiger partial charge in [-0.25, -0.2) is 0 Å². The standard InChI is InChI=1S/C13H18ClNO/c1-10(16)4-9-13(14)11-5-7-12(8-6-11)15(2)3/h5-8,13H,4,9H2,1-3H3. The number of alkyl halides is 1. The third-order valence-corrected chi connectivity index (χ3v) is 2.99. The van der Waals surface area contributed by atoms with Gasteiger partial charge >= 0.3 is 0 Å². The maximum absolute atomic E-state index is 10.9. The van der Waals surface area contributed by atoms with Crippen molar-refractivity contribution in [3.63, 3.8) is 0 Å². The molecule has 1 aromatic carbocycles. The molecule has 0 heterocycles. The van der Waals surface area contributed by atoms with E-state index in [9.17, 15) is 4.79 Å². The van der Waals surface area contributed by atoms with E-state index in [1.165, 1.54) is 0 Å². The number of Topliss-reactive ketones (excluding diaryl/α,β-unsaturated/α-hetero) is 1. The summed E-state index contributed by atoms with van der Waals surface area (Å²) in [5, 5.41) is -0.0693. The highest BCUT2D eigenvalue weighted by atomic mass is 35.5. The van der Waals surface area contributed by atoms with Crippen LogP contribution in [0.4, 0.5) is 5.69 Å². The molecule has 3 heteroatoms. The molecule has 0 aliphatic rings. The molecule has 0 amide bonds. The Hall–Kier alpha value is -1.02. The molecule has 0 aliphatic carbocycles. The summed E-state index contributed by atoms with van der Waals surface area (Å²) in [6, 6.07) is 8.12. The largest absolute Gasteiger partial charge is 0.378 e. The fourth-order valence-electron chi connectivity index (χ4n) is 1.48. The van der Waals surface area contributed by atoms with Gasteiger partial charge in [0.2, 0.25) is 0 Å². The van der Waals surface area contributed by atoms with Crippen molar-refractivity contribution in [1.29, 1.82) is 0 Å². The molecule has 0 fully saturated rings. The highest BCUT2D eigenvalue weighted by Crippen LogP contribution is 2.27. The third-order valence-electron chi connectivity index (χ3n) is 2.52. The second-order valence-electron chi connectivity index (χ2n) is 4.19. The van der Waals surface area contributed by atoms with E-state index in [0.717, 1.165) is 11.3 Å². The second kappa shape index (κ2) is 5.90. The van der Waals surface area contributed by atoms with Gasteiger partial charge < -0.3 is 9.69 Å². The first-order valence-electron chi connectivity index (χ1n) is 5.41. The van der Waals surface area contributed by atoms with Crippen molar-refractivity contribution in [2.75, 3.05) is 19.0 Å². The predicted octanol–water partition coefficient (Wildman–Crippen LogP) is 3.40. The number of hydrogen-bond donors (Lipinski definition) is 0. The van der Waals surface area contributed by atoms with Gasteiger partial charge in [0.05, 0.1) is 5.38 Å². The van der Waals surface area contributed by atoms with Crippen molar-refractivity contribution in [2.24, 2.45) is 0 Å². The summed E-state index contributed by atoms with van der Waals surface area (Å²) in [6.45, 7) is 1.60. The summed E-state index contributed by atoms with van der Waals surface area (Å²) >= 11 is 6.22. The van der Waals surface area contributed by atoms with Crippen molar-refractivity contribution in [2.45, 2.75) is 25.1 Å². The number of nitrogens with zero attached hydrogens (tertiary/aromatic N) is 1. The molecule has 1 aromatic rings. The summed E-state index contributed by atoms with van der Waals surface area (Å²) in [5.41, 5.74) is 2.23. The maximum Gasteiger partial charge on any atom is 0.129 e. The molecule has 0 bridgehead atoms. The number of anilines is 1. The Morgan fingerprint density at radius 3 is 2.31 bits per heavy atom. The van der Waals surface area contributed by atoms with Gasteiger partial charge in [-0.2, -0.15) is 0 Å².